The lowest BCUT2D eigenvalue weighted by Gasteiger charge is -2.38. The molecule has 1 saturated heterocycles. The van der Waals surface area contributed by atoms with Gasteiger partial charge in [0.1, 0.15) is 6.04 Å². The van der Waals surface area contributed by atoms with Crippen molar-refractivity contribution in [1.29, 1.82) is 0 Å². The number of aromatic nitrogens is 1. The van der Waals surface area contributed by atoms with Crippen LogP contribution in [0.4, 0.5) is 4.79 Å². The molecule has 2 unspecified atom stereocenters. The van der Waals surface area contributed by atoms with Crippen LogP contribution in [-0.2, 0) is 16.1 Å². The van der Waals surface area contributed by atoms with Crippen molar-refractivity contribution in [2.75, 3.05) is 33.9 Å². The van der Waals surface area contributed by atoms with Crippen molar-refractivity contribution < 1.29 is 14.3 Å². The number of amides is 3. The Bertz CT molecular complexity index is 871. The van der Waals surface area contributed by atoms with Gasteiger partial charge in [-0.1, -0.05) is 11.6 Å². The van der Waals surface area contributed by atoms with Gasteiger partial charge in [-0.3, -0.25) is 4.79 Å². The number of piperidine rings is 1. The van der Waals surface area contributed by atoms with E-state index in [1.54, 1.807) is 16.8 Å². The Kier molecular flexibility index (Phi) is 7.00. The van der Waals surface area contributed by atoms with Gasteiger partial charge in [0.25, 0.3) is 0 Å². The molecule has 2 atom stereocenters. The number of aromatic amines is 1. The van der Waals surface area contributed by atoms with Crippen LogP contribution in [0.1, 0.15) is 18.5 Å². The number of nitrogens with one attached hydrogen (secondary N) is 2. The van der Waals surface area contributed by atoms with Crippen molar-refractivity contribution in [1.82, 2.24) is 20.1 Å². The average Bonchev–Trinajstić information content (AvgIpc) is 3.13. The summed E-state index contributed by atoms with van der Waals surface area (Å²) in [6, 6.07) is 6.69. The quantitative estimate of drug-likeness (QED) is 0.662. The van der Waals surface area contributed by atoms with Crippen LogP contribution < -0.4 is 11.1 Å². The van der Waals surface area contributed by atoms with Gasteiger partial charge < -0.3 is 30.6 Å². The maximum Gasteiger partial charge on any atom is 0.317 e. The number of likely N-dealkylation sites (N-methyl/N-ethyl adjacent to an activating group) is 1. The summed E-state index contributed by atoms with van der Waals surface area (Å²) in [5.41, 5.74) is 7.74. The summed E-state index contributed by atoms with van der Waals surface area (Å²) in [6.07, 6.45) is 1.68. The monoisotopic (exact) mass is 421 g/mol. The van der Waals surface area contributed by atoms with Crippen LogP contribution in [0.15, 0.2) is 24.3 Å². The minimum absolute atomic E-state index is 0.0519. The lowest BCUT2D eigenvalue weighted by molar-refractivity contribution is -0.135. The zero-order valence-corrected chi connectivity index (χ0v) is 17.5. The fraction of sp³-hybridized carbons (Fsp3) is 0.500. The summed E-state index contributed by atoms with van der Waals surface area (Å²) in [5, 5.41) is 4.61. The zero-order chi connectivity index (χ0) is 21.0. The number of likely N-dealkylation sites (tertiary alicyclic amines) is 1. The van der Waals surface area contributed by atoms with Crippen LogP contribution in [-0.4, -0.2) is 72.7 Å². The SMILES string of the molecule is COCC(N)C(=O)N1CCCC(N(C)C(=O)NCc2cc3cc(Cl)ccc3[nH]2)C1. The summed E-state index contributed by atoms with van der Waals surface area (Å²) in [5.74, 6) is -0.137. The third-order valence-electron chi connectivity index (χ3n) is 5.31. The van der Waals surface area contributed by atoms with Gasteiger partial charge in [0.05, 0.1) is 19.2 Å². The molecule has 0 aliphatic carbocycles. The number of nitrogens with zero attached hydrogens (tertiary/aromatic N) is 2. The van der Waals surface area contributed by atoms with Gasteiger partial charge >= 0.3 is 6.03 Å². The number of ether oxygens (including phenoxy) is 1. The maximum absolute atomic E-state index is 12.6. The molecular formula is C20H28ClN5O3. The van der Waals surface area contributed by atoms with E-state index < -0.39 is 6.04 Å². The number of urea groups is 1. The van der Waals surface area contributed by atoms with Crippen LogP contribution >= 0.6 is 11.6 Å². The lowest BCUT2D eigenvalue weighted by Crippen LogP contribution is -2.55. The highest BCUT2D eigenvalue weighted by Gasteiger charge is 2.30. The highest BCUT2D eigenvalue weighted by Crippen LogP contribution is 2.20. The second-order valence-corrected chi connectivity index (χ2v) is 7.87. The Morgan fingerprint density at radius 3 is 3.00 bits per heavy atom. The van der Waals surface area contributed by atoms with Crippen LogP contribution in [0.3, 0.4) is 0 Å². The van der Waals surface area contributed by atoms with Crippen molar-refractivity contribution >= 4 is 34.4 Å². The molecule has 1 aliphatic rings. The number of benzene rings is 1. The molecular weight excluding hydrogens is 394 g/mol. The van der Waals surface area contributed by atoms with Crippen molar-refractivity contribution in [3.63, 3.8) is 0 Å². The average molecular weight is 422 g/mol. The number of hydrogen-bond acceptors (Lipinski definition) is 4. The molecule has 1 aromatic heterocycles. The van der Waals surface area contributed by atoms with E-state index in [4.69, 9.17) is 22.1 Å². The third kappa shape index (κ3) is 5.20. The molecule has 1 aromatic carbocycles. The van der Waals surface area contributed by atoms with Crippen molar-refractivity contribution in [2.45, 2.75) is 31.5 Å². The molecule has 3 rings (SSSR count). The fourth-order valence-electron chi connectivity index (χ4n) is 3.68. The second kappa shape index (κ2) is 9.47. The molecule has 3 amide bonds. The molecule has 2 aromatic rings. The van der Waals surface area contributed by atoms with Crippen molar-refractivity contribution in [2.24, 2.45) is 5.73 Å². The molecule has 1 fully saturated rings. The summed E-state index contributed by atoms with van der Waals surface area (Å²) >= 11 is 6.02. The first-order valence-corrected chi connectivity index (χ1v) is 10.1. The van der Waals surface area contributed by atoms with E-state index in [-0.39, 0.29) is 24.6 Å². The van der Waals surface area contributed by atoms with Crippen LogP contribution in [0.2, 0.25) is 5.02 Å². The van der Waals surface area contributed by atoms with Crippen LogP contribution in [0.5, 0.6) is 0 Å². The maximum atomic E-state index is 12.6. The molecule has 158 valence electrons. The molecule has 1 aliphatic heterocycles. The Hall–Kier alpha value is -2.29. The number of halogens is 1. The van der Waals surface area contributed by atoms with E-state index in [1.807, 2.05) is 24.3 Å². The first kappa shape index (κ1) is 21.4. The van der Waals surface area contributed by atoms with E-state index in [0.717, 1.165) is 29.4 Å². The van der Waals surface area contributed by atoms with E-state index >= 15 is 0 Å². The number of carbonyl (C=O) groups is 2. The highest BCUT2D eigenvalue weighted by molar-refractivity contribution is 6.31. The second-order valence-electron chi connectivity index (χ2n) is 7.44. The summed E-state index contributed by atoms with van der Waals surface area (Å²) in [7, 11) is 3.28. The molecule has 4 N–H and O–H groups in total. The first-order valence-electron chi connectivity index (χ1n) is 9.70. The number of hydrogen-bond donors (Lipinski definition) is 3. The van der Waals surface area contributed by atoms with Gasteiger partial charge in [0.15, 0.2) is 0 Å². The topological polar surface area (TPSA) is 104 Å². The van der Waals surface area contributed by atoms with Gasteiger partial charge in [0.2, 0.25) is 5.91 Å². The summed E-state index contributed by atoms with van der Waals surface area (Å²) < 4.78 is 4.97. The van der Waals surface area contributed by atoms with Gasteiger partial charge in [0, 0.05) is 48.9 Å². The molecule has 0 spiro atoms. The Morgan fingerprint density at radius 2 is 2.24 bits per heavy atom. The number of H-pyrrole nitrogens is 1. The highest BCUT2D eigenvalue weighted by atomic mass is 35.5. The number of fused-ring (bicyclic) bond motifs is 1. The number of carbonyl (C=O) groups excluding carboxylic acids is 2. The van der Waals surface area contributed by atoms with Gasteiger partial charge in [-0.2, -0.15) is 0 Å². The fourth-order valence-corrected chi connectivity index (χ4v) is 3.86. The molecule has 0 saturated carbocycles. The predicted molar refractivity (Wildman–Crippen MR) is 113 cm³/mol. The van der Waals surface area contributed by atoms with Crippen molar-refractivity contribution in [3.8, 4) is 0 Å². The largest absolute Gasteiger partial charge is 0.383 e. The number of nitrogens with two attached hydrogens (primary N) is 1. The number of methoxy groups -OCH3 is 1. The molecule has 0 radical (unpaired) electrons. The molecule has 9 heteroatoms. The molecule has 8 nitrogen and oxygen atoms in total. The van der Waals surface area contributed by atoms with Crippen LogP contribution in [0, 0.1) is 0 Å². The van der Waals surface area contributed by atoms with Gasteiger partial charge in [-0.15, -0.1) is 0 Å². The van der Waals surface area contributed by atoms with Crippen molar-refractivity contribution in [3.05, 3.63) is 35.0 Å². The standard InChI is InChI=1S/C20H28ClN5O3/c1-25(16-4-3-7-26(11-16)19(27)17(22)12-29-2)20(28)23-10-15-9-13-8-14(21)5-6-18(13)24-15/h5-6,8-9,16-17,24H,3-4,7,10-12,22H2,1-2H3,(H,23,28). The minimum Gasteiger partial charge on any atom is -0.383 e. The third-order valence-corrected chi connectivity index (χ3v) is 5.54. The predicted octanol–water partition coefficient (Wildman–Crippen LogP) is 1.93. The van der Waals surface area contributed by atoms with Crippen LogP contribution in [0.25, 0.3) is 10.9 Å². The Balaban J connectivity index is 1.55. The lowest BCUT2D eigenvalue weighted by atomic mass is 10.0. The van der Waals surface area contributed by atoms with Gasteiger partial charge in [-0.05, 0) is 37.1 Å². The van der Waals surface area contributed by atoms with E-state index in [0.29, 0.717) is 24.7 Å². The zero-order valence-electron chi connectivity index (χ0n) is 16.8. The smallest absolute Gasteiger partial charge is 0.317 e. The molecule has 29 heavy (non-hydrogen) atoms. The minimum atomic E-state index is -0.673. The summed E-state index contributed by atoms with van der Waals surface area (Å²) in [6.45, 7) is 1.69. The van der Waals surface area contributed by atoms with Gasteiger partial charge in [-0.25, -0.2) is 4.79 Å². The Morgan fingerprint density at radius 1 is 1.45 bits per heavy atom. The summed E-state index contributed by atoms with van der Waals surface area (Å²) in [4.78, 5) is 31.7. The molecule has 0 bridgehead atoms. The first-order chi connectivity index (χ1) is 13.9. The van der Waals surface area contributed by atoms with E-state index in [9.17, 15) is 9.59 Å². The number of rotatable bonds is 6. The normalized spacial score (nSPS) is 17.9. The van der Waals surface area contributed by atoms with E-state index in [2.05, 4.69) is 10.3 Å². The Labute approximate surface area is 175 Å². The van der Waals surface area contributed by atoms with E-state index in [1.165, 1.54) is 7.11 Å². The molecule has 2 heterocycles.